The summed E-state index contributed by atoms with van der Waals surface area (Å²) in [6.07, 6.45) is 4.78. The second-order valence-electron chi connectivity index (χ2n) is 7.45. The maximum absolute atomic E-state index is 13.6. The lowest BCUT2D eigenvalue weighted by atomic mass is 10.1. The molecule has 1 atom stereocenters. The third-order valence-electron chi connectivity index (χ3n) is 5.33. The van der Waals surface area contributed by atoms with Crippen LogP contribution in [0.4, 0.5) is 0 Å². The minimum atomic E-state index is -0.285. The molecule has 1 amide bonds. The quantitative estimate of drug-likeness (QED) is 0.476. The standard InChI is InChI=1S/C22H19ClN6O2/c1-14-7-8-18(29-24-9-10-25-29)17(12-14)22(30)28-11-3-6-19(28)21-27-26-20(31-21)15-4-2-5-16(23)13-15/h2,4-5,7-10,12-13,19H,3,6,11H2,1H3. The molecule has 156 valence electrons. The molecule has 4 aromatic rings. The van der Waals surface area contributed by atoms with Crippen molar-refractivity contribution in [3.8, 4) is 17.1 Å². The van der Waals surface area contributed by atoms with Gasteiger partial charge in [0.05, 0.1) is 23.6 Å². The number of likely N-dealkylation sites (tertiary alicyclic amines) is 1. The Hall–Kier alpha value is -3.52. The average molecular weight is 435 g/mol. The van der Waals surface area contributed by atoms with E-state index in [1.54, 1.807) is 29.4 Å². The third kappa shape index (κ3) is 3.70. The maximum Gasteiger partial charge on any atom is 0.256 e. The molecule has 1 aliphatic rings. The van der Waals surface area contributed by atoms with Crippen LogP contribution in [0.3, 0.4) is 0 Å². The first-order valence-electron chi connectivity index (χ1n) is 9.98. The van der Waals surface area contributed by atoms with E-state index in [4.69, 9.17) is 16.0 Å². The molecule has 1 aliphatic heterocycles. The van der Waals surface area contributed by atoms with Gasteiger partial charge < -0.3 is 9.32 Å². The smallest absolute Gasteiger partial charge is 0.256 e. The first-order chi connectivity index (χ1) is 15.1. The van der Waals surface area contributed by atoms with Crippen molar-refractivity contribution in [2.75, 3.05) is 6.54 Å². The first-order valence-corrected chi connectivity index (χ1v) is 10.4. The summed E-state index contributed by atoms with van der Waals surface area (Å²) in [5, 5.41) is 17.4. The number of halogens is 1. The molecule has 8 nitrogen and oxygen atoms in total. The van der Waals surface area contributed by atoms with Crippen molar-refractivity contribution >= 4 is 17.5 Å². The van der Waals surface area contributed by atoms with Crippen LogP contribution in [0.5, 0.6) is 0 Å². The van der Waals surface area contributed by atoms with E-state index >= 15 is 0 Å². The van der Waals surface area contributed by atoms with Crippen LogP contribution in [0.2, 0.25) is 5.02 Å². The normalized spacial score (nSPS) is 16.1. The molecule has 2 aromatic heterocycles. The Morgan fingerprint density at radius 1 is 1.13 bits per heavy atom. The number of hydrogen-bond acceptors (Lipinski definition) is 6. The highest BCUT2D eigenvalue weighted by Crippen LogP contribution is 2.35. The summed E-state index contributed by atoms with van der Waals surface area (Å²) in [4.78, 5) is 16.8. The number of carbonyl (C=O) groups excluding carboxylic acids is 1. The summed E-state index contributed by atoms with van der Waals surface area (Å²) in [6, 6.07) is 12.6. The second-order valence-corrected chi connectivity index (χ2v) is 7.89. The molecule has 2 aromatic carbocycles. The first kappa shape index (κ1) is 19.4. The van der Waals surface area contributed by atoms with E-state index in [1.165, 1.54) is 4.80 Å². The molecule has 9 heteroatoms. The van der Waals surface area contributed by atoms with Crippen molar-refractivity contribution in [3.63, 3.8) is 0 Å². The highest BCUT2D eigenvalue weighted by Gasteiger charge is 2.35. The van der Waals surface area contributed by atoms with E-state index < -0.39 is 0 Å². The van der Waals surface area contributed by atoms with Crippen molar-refractivity contribution in [1.29, 1.82) is 0 Å². The lowest BCUT2D eigenvalue weighted by molar-refractivity contribution is 0.0715. The molecule has 1 saturated heterocycles. The second kappa shape index (κ2) is 7.96. The molecule has 0 spiro atoms. The summed E-state index contributed by atoms with van der Waals surface area (Å²) in [7, 11) is 0. The van der Waals surface area contributed by atoms with Gasteiger partial charge in [0.25, 0.3) is 5.91 Å². The SMILES string of the molecule is Cc1ccc(-n2nccn2)c(C(=O)N2CCCC2c2nnc(-c3cccc(Cl)c3)o2)c1. The Labute approximate surface area is 183 Å². The summed E-state index contributed by atoms with van der Waals surface area (Å²) in [5.74, 6) is 0.696. The summed E-state index contributed by atoms with van der Waals surface area (Å²) < 4.78 is 5.95. The number of nitrogens with zero attached hydrogens (tertiary/aromatic N) is 6. The highest BCUT2D eigenvalue weighted by molar-refractivity contribution is 6.30. The number of carbonyl (C=O) groups is 1. The third-order valence-corrected chi connectivity index (χ3v) is 5.56. The van der Waals surface area contributed by atoms with Crippen LogP contribution in [0, 0.1) is 6.92 Å². The zero-order chi connectivity index (χ0) is 21.4. The Morgan fingerprint density at radius 3 is 2.77 bits per heavy atom. The van der Waals surface area contributed by atoms with Crippen LogP contribution < -0.4 is 0 Å². The molecule has 0 N–H and O–H groups in total. The topological polar surface area (TPSA) is 89.9 Å². The van der Waals surface area contributed by atoms with Crippen molar-refractivity contribution in [2.24, 2.45) is 0 Å². The lowest BCUT2D eigenvalue weighted by Gasteiger charge is -2.23. The van der Waals surface area contributed by atoms with E-state index in [2.05, 4.69) is 20.4 Å². The van der Waals surface area contributed by atoms with E-state index in [-0.39, 0.29) is 11.9 Å². The fourth-order valence-electron chi connectivity index (χ4n) is 3.86. The van der Waals surface area contributed by atoms with Gasteiger partial charge in [-0.05, 0) is 50.1 Å². The monoisotopic (exact) mass is 434 g/mol. The van der Waals surface area contributed by atoms with E-state index in [0.717, 1.165) is 24.0 Å². The molecular formula is C22H19ClN6O2. The molecular weight excluding hydrogens is 416 g/mol. The largest absolute Gasteiger partial charge is 0.418 e. The van der Waals surface area contributed by atoms with Gasteiger partial charge in [-0.15, -0.1) is 10.2 Å². The van der Waals surface area contributed by atoms with E-state index in [1.807, 2.05) is 37.3 Å². The van der Waals surface area contributed by atoms with Crippen LogP contribution in [0.25, 0.3) is 17.1 Å². The zero-order valence-corrected chi connectivity index (χ0v) is 17.5. The van der Waals surface area contributed by atoms with Gasteiger partial charge in [0, 0.05) is 17.1 Å². The molecule has 0 saturated carbocycles. The number of benzene rings is 2. The number of aromatic nitrogens is 5. The van der Waals surface area contributed by atoms with Crippen molar-refractivity contribution in [2.45, 2.75) is 25.8 Å². The van der Waals surface area contributed by atoms with Crippen molar-refractivity contribution in [1.82, 2.24) is 30.1 Å². The molecule has 0 aliphatic carbocycles. The zero-order valence-electron chi connectivity index (χ0n) is 16.8. The summed E-state index contributed by atoms with van der Waals surface area (Å²) >= 11 is 6.08. The highest BCUT2D eigenvalue weighted by atomic mass is 35.5. The molecule has 0 bridgehead atoms. The number of aryl methyl sites for hydroxylation is 1. The van der Waals surface area contributed by atoms with Crippen molar-refractivity contribution < 1.29 is 9.21 Å². The van der Waals surface area contributed by atoms with Gasteiger partial charge in [-0.1, -0.05) is 29.3 Å². The lowest BCUT2D eigenvalue weighted by Crippen LogP contribution is -2.31. The Morgan fingerprint density at radius 2 is 1.97 bits per heavy atom. The number of hydrogen-bond donors (Lipinski definition) is 0. The summed E-state index contributed by atoms with van der Waals surface area (Å²) in [5.41, 5.74) is 2.90. The Bertz CT molecular complexity index is 1240. The molecule has 31 heavy (non-hydrogen) atoms. The van der Waals surface area contributed by atoms with Gasteiger partial charge in [0.2, 0.25) is 11.8 Å². The van der Waals surface area contributed by atoms with Gasteiger partial charge in [-0.25, -0.2) is 0 Å². The molecule has 1 fully saturated rings. The van der Waals surface area contributed by atoms with Gasteiger partial charge >= 0.3 is 0 Å². The Kier molecular flexibility index (Phi) is 4.99. The number of amides is 1. The number of rotatable bonds is 4. The van der Waals surface area contributed by atoms with Crippen LogP contribution in [-0.2, 0) is 0 Å². The Balaban J connectivity index is 1.47. The maximum atomic E-state index is 13.6. The van der Waals surface area contributed by atoms with Crippen LogP contribution in [0.1, 0.15) is 40.7 Å². The van der Waals surface area contributed by atoms with Gasteiger partial charge in [0.15, 0.2) is 0 Å². The van der Waals surface area contributed by atoms with Crippen LogP contribution >= 0.6 is 11.6 Å². The van der Waals surface area contributed by atoms with Gasteiger partial charge in [-0.3, -0.25) is 4.79 Å². The molecule has 5 rings (SSSR count). The van der Waals surface area contributed by atoms with Crippen molar-refractivity contribution in [3.05, 3.63) is 76.9 Å². The fourth-order valence-corrected chi connectivity index (χ4v) is 4.05. The molecule has 1 unspecified atom stereocenters. The fraction of sp³-hybridized carbons (Fsp3) is 0.227. The molecule has 0 radical (unpaired) electrons. The predicted molar refractivity (Wildman–Crippen MR) is 114 cm³/mol. The van der Waals surface area contributed by atoms with E-state index in [0.29, 0.717) is 34.6 Å². The minimum absolute atomic E-state index is 0.110. The van der Waals surface area contributed by atoms with Gasteiger partial charge in [0.1, 0.15) is 6.04 Å². The minimum Gasteiger partial charge on any atom is -0.418 e. The van der Waals surface area contributed by atoms with Crippen LogP contribution in [0.15, 0.2) is 59.3 Å². The van der Waals surface area contributed by atoms with Gasteiger partial charge in [-0.2, -0.15) is 15.0 Å². The van der Waals surface area contributed by atoms with Crippen LogP contribution in [-0.4, -0.2) is 42.5 Å². The average Bonchev–Trinajstić information content (AvgIpc) is 3.54. The molecule has 3 heterocycles. The summed E-state index contributed by atoms with van der Waals surface area (Å²) in [6.45, 7) is 2.56. The predicted octanol–water partition coefficient (Wildman–Crippen LogP) is 4.26. The van der Waals surface area contributed by atoms with E-state index in [9.17, 15) is 4.79 Å².